The molecule has 0 bridgehead atoms. The zero-order chi connectivity index (χ0) is 13.4. The summed E-state index contributed by atoms with van der Waals surface area (Å²) >= 11 is 0. The molecule has 0 unspecified atom stereocenters. The van der Waals surface area contributed by atoms with E-state index in [0.717, 1.165) is 13.0 Å². The van der Waals surface area contributed by atoms with Gasteiger partial charge in [-0.05, 0) is 49.1 Å². The number of amides is 1. The molecule has 1 aliphatic heterocycles. The van der Waals surface area contributed by atoms with Gasteiger partial charge in [-0.1, -0.05) is 18.2 Å². The lowest BCUT2D eigenvalue weighted by Gasteiger charge is -2.35. The van der Waals surface area contributed by atoms with Crippen molar-refractivity contribution in [3.63, 3.8) is 0 Å². The maximum absolute atomic E-state index is 12.4. The Labute approximate surface area is 112 Å². The average Bonchev–Trinajstić information content (AvgIpc) is 2.93. The fraction of sp³-hybridized carbons (Fsp3) is 0.312. The molecule has 3 nitrogen and oxygen atoms in total. The molecule has 1 amide bonds. The number of aryl methyl sites for hydroxylation is 1. The molecule has 0 saturated carbocycles. The van der Waals surface area contributed by atoms with E-state index in [0.29, 0.717) is 5.76 Å². The summed E-state index contributed by atoms with van der Waals surface area (Å²) in [6.45, 7) is 4.96. The van der Waals surface area contributed by atoms with Crippen LogP contribution >= 0.6 is 0 Å². The average molecular weight is 255 g/mol. The van der Waals surface area contributed by atoms with Gasteiger partial charge in [-0.25, -0.2) is 0 Å². The molecular weight excluding hydrogens is 238 g/mol. The summed E-state index contributed by atoms with van der Waals surface area (Å²) in [5, 5.41) is 0. The van der Waals surface area contributed by atoms with Gasteiger partial charge in [0, 0.05) is 6.54 Å². The smallest absolute Gasteiger partial charge is 0.290 e. The van der Waals surface area contributed by atoms with Crippen LogP contribution in [-0.2, 0) is 6.42 Å². The van der Waals surface area contributed by atoms with Crippen LogP contribution < -0.4 is 0 Å². The van der Waals surface area contributed by atoms with Crippen molar-refractivity contribution in [3.8, 4) is 0 Å². The summed E-state index contributed by atoms with van der Waals surface area (Å²) in [6, 6.07) is 9.89. The Morgan fingerprint density at radius 3 is 2.89 bits per heavy atom. The molecule has 1 aromatic heterocycles. The molecule has 1 aliphatic rings. The van der Waals surface area contributed by atoms with E-state index in [2.05, 4.69) is 32.0 Å². The van der Waals surface area contributed by atoms with Crippen LogP contribution in [0.2, 0.25) is 0 Å². The predicted octanol–water partition coefficient (Wildman–Crippen LogP) is 3.35. The van der Waals surface area contributed by atoms with E-state index >= 15 is 0 Å². The van der Waals surface area contributed by atoms with Crippen molar-refractivity contribution in [1.82, 2.24) is 4.90 Å². The lowest BCUT2D eigenvalue weighted by molar-refractivity contribution is 0.0644. The van der Waals surface area contributed by atoms with Gasteiger partial charge in [-0.3, -0.25) is 4.79 Å². The minimum absolute atomic E-state index is 0.0235. The third-order valence-corrected chi connectivity index (χ3v) is 3.96. The van der Waals surface area contributed by atoms with Gasteiger partial charge in [-0.15, -0.1) is 0 Å². The Hall–Kier alpha value is -2.03. The van der Waals surface area contributed by atoms with Crippen LogP contribution in [-0.4, -0.2) is 17.4 Å². The maximum Gasteiger partial charge on any atom is 0.290 e. The van der Waals surface area contributed by atoms with Crippen molar-refractivity contribution in [2.45, 2.75) is 26.3 Å². The van der Waals surface area contributed by atoms with Gasteiger partial charge < -0.3 is 9.32 Å². The number of carbonyl (C=O) groups excluding carboxylic acids is 1. The monoisotopic (exact) mass is 255 g/mol. The molecule has 0 saturated heterocycles. The quantitative estimate of drug-likeness (QED) is 0.783. The number of hydrogen-bond acceptors (Lipinski definition) is 2. The Morgan fingerprint density at radius 1 is 1.32 bits per heavy atom. The molecule has 1 aromatic carbocycles. The lowest BCUT2D eigenvalue weighted by Crippen LogP contribution is -2.38. The van der Waals surface area contributed by atoms with E-state index < -0.39 is 0 Å². The highest BCUT2D eigenvalue weighted by Crippen LogP contribution is 2.32. The highest BCUT2D eigenvalue weighted by Gasteiger charge is 2.29. The second-order valence-corrected chi connectivity index (χ2v) is 5.04. The zero-order valence-corrected chi connectivity index (χ0v) is 11.2. The normalized spacial score (nSPS) is 18.2. The molecule has 0 fully saturated rings. The summed E-state index contributed by atoms with van der Waals surface area (Å²) < 4.78 is 5.22. The summed E-state index contributed by atoms with van der Waals surface area (Å²) in [7, 11) is 0. The van der Waals surface area contributed by atoms with Crippen LogP contribution in [0.15, 0.2) is 41.0 Å². The first-order valence-electron chi connectivity index (χ1n) is 6.61. The van der Waals surface area contributed by atoms with Gasteiger partial charge >= 0.3 is 0 Å². The van der Waals surface area contributed by atoms with Crippen LogP contribution in [0.5, 0.6) is 0 Å². The number of hydrogen-bond donors (Lipinski definition) is 0. The van der Waals surface area contributed by atoms with Crippen molar-refractivity contribution in [3.05, 3.63) is 59.0 Å². The van der Waals surface area contributed by atoms with Crippen molar-refractivity contribution < 1.29 is 9.21 Å². The van der Waals surface area contributed by atoms with Crippen molar-refractivity contribution in [2.24, 2.45) is 0 Å². The molecular formula is C16H17NO2. The van der Waals surface area contributed by atoms with E-state index in [1.807, 2.05) is 4.90 Å². The third kappa shape index (κ3) is 1.95. The van der Waals surface area contributed by atoms with E-state index in [1.54, 1.807) is 18.4 Å². The Bertz CT molecular complexity index is 601. The summed E-state index contributed by atoms with van der Waals surface area (Å²) in [4.78, 5) is 14.3. The molecule has 0 spiro atoms. The van der Waals surface area contributed by atoms with Crippen molar-refractivity contribution in [1.29, 1.82) is 0 Å². The fourth-order valence-corrected chi connectivity index (χ4v) is 2.87. The predicted molar refractivity (Wildman–Crippen MR) is 73.0 cm³/mol. The fourth-order valence-electron chi connectivity index (χ4n) is 2.87. The van der Waals surface area contributed by atoms with Crippen molar-refractivity contribution in [2.75, 3.05) is 6.54 Å². The molecule has 0 aliphatic carbocycles. The third-order valence-electron chi connectivity index (χ3n) is 3.96. The molecule has 1 atom stereocenters. The zero-order valence-electron chi connectivity index (χ0n) is 11.2. The Kier molecular flexibility index (Phi) is 2.90. The topological polar surface area (TPSA) is 33.5 Å². The van der Waals surface area contributed by atoms with Gasteiger partial charge in [0.15, 0.2) is 5.76 Å². The maximum atomic E-state index is 12.4. The van der Waals surface area contributed by atoms with Crippen LogP contribution in [0.25, 0.3) is 0 Å². The minimum Gasteiger partial charge on any atom is -0.459 e. The highest BCUT2D eigenvalue weighted by atomic mass is 16.3. The number of carbonyl (C=O) groups is 1. The standard InChI is InChI=1S/C16H17NO2/c1-11-5-3-6-14-12(2)17(9-8-13(11)14)16(18)15-7-4-10-19-15/h3-7,10,12H,8-9H2,1-2H3/t12-/m1/s1. The Morgan fingerprint density at radius 2 is 2.16 bits per heavy atom. The van der Waals surface area contributed by atoms with Gasteiger partial charge in [0.2, 0.25) is 0 Å². The molecule has 3 rings (SSSR count). The summed E-state index contributed by atoms with van der Waals surface area (Å²) in [5.41, 5.74) is 3.96. The van der Waals surface area contributed by atoms with Crippen LogP contribution in [0.3, 0.4) is 0 Å². The minimum atomic E-state index is -0.0235. The number of rotatable bonds is 1. The second kappa shape index (κ2) is 4.57. The summed E-state index contributed by atoms with van der Waals surface area (Å²) in [6.07, 6.45) is 2.46. The summed E-state index contributed by atoms with van der Waals surface area (Å²) in [5.74, 6) is 0.396. The second-order valence-electron chi connectivity index (χ2n) is 5.04. The van der Waals surface area contributed by atoms with Gasteiger partial charge in [0.1, 0.15) is 0 Å². The van der Waals surface area contributed by atoms with Crippen LogP contribution in [0, 0.1) is 6.92 Å². The van der Waals surface area contributed by atoms with Crippen molar-refractivity contribution >= 4 is 5.91 Å². The number of benzene rings is 1. The van der Waals surface area contributed by atoms with E-state index in [4.69, 9.17) is 4.42 Å². The number of furan rings is 1. The first-order valence-corrected chi connectivity index (χ1v) is 6.61. The van der Waals surface area contributed by atoms with E-state index in [-0.39, 0.29) is 11.9 Å². The largest absolute Gasteiger partial charge is 0.459 e. The highest BCUT2D eigenvalue weighted by molar-refractivity contribution is 5.92. The lowest BCUT2D eigenvalue weighted by atomic mass is 9.90. The molecule has 2 heterocycles. The van der Waals surface area contributed by atoms with Gasteiger partial charge in [-0.2, -0.15) is 0 Å². The Balaban J connectivity index is 1.94. The van der Waals surface area contributed by atoms with E-state index in [9.17, 15) is 4.79 Å². The number of fused-ring (bicyclic) bond motifs is 1. The number of nitrogens with zero attached hydrogens (tertiary/aromatic N) is 1. The van der Waals surface area contributed by atoms with Gasteiger partial charge in [0.25, 0.3) is 5.91 Å². The molecule has 2 aromatic rings. The first-order chi connectivity index (χ1) is 9.18. The molecule has 0 N–H and O–H groups in total. The molecule has 3 heteroatoms. The van der Waals surface area contributed by atoms with Crippen LogP contribution in [0.4, 0.5) is 0 Å². The van der Waals surface area contributed by atoms with E-state index in [1.165, 1.54) is 16.7 Å². The molecule has 0 radical (unpaired) electrons. The van der Waals surface area contributed by atoms with Gasteiger partial charge in [0.05, 0.1) is 12.3 Å². The molecule has 19 heavy (non-hydrogen) atoms. The molecule has 98 valence electrons. The first kappa shape index (κ1) is 12.0. The van der Waals surface area contributed by atoms with Crippen LogP contribution in [0.1, 0.15) is 40.2 Å². The SMILES string of the molecule is Cc1cccc2c1CCN(C(=O)c1ccco1)[C@@H]2C.